The van der Waals surface area contributed by atoms with Crippen molar-refractivity contribution < 1.29 is 87.7 Å². The molecule has 33 heavy (non-hydrogen) atoms. The van der Waals surface area contributed by atoms with Gasteiger partial charge in [-0.1, -0.05) is 11.8 Å². The van der Waals surface area contributed by atoms with Crippen LogP contribution in [-0.2, 0) is 11.8 Å². The summed E-state index contributed by atoms with van der Waals surface area (Å²) in [5.74, 6) is -3.71. The molecule has 1 aromatic carbocycles. The molecule has 0 aliphatic carbocycles. The Hall–Kier alpha value is -1.73. The number of carbonyl (C=O) groups is 2. The largest absolute Gasteiger partial charge is 1.00 e. The summed E-state index contributed by atoms with van der Waals surface area (Å²) < 4.78 is 28.3. The number of nitrogens with one attached hydrogen (secondary N) is 2. The number of aliphatic carboxylic acids is 1. The summed E-state index contributed by atoms with van der Waals surface area (Å²) in [4.78, 5) is 35.9. The van der Waals surface area contributed by atoms with Crippen LogP contribution in [0.3, 0.4) is 0 Å². The first-order valence-electron chi connectivity index (χ1n) is 8.83. The van der Waals surface area contributed by atoms with Crippen LogP contribution in [-0.4, -0.2) is 16.6 Å². The van der Waals surface area contributed by atoms with Crippen LogP contribution in [0.1, 0.15) is 17.3 Å². The van der Waals surface area contributed by atoms with E-state index < -0.39 is 53.1 Å². The molecule has 0 saturated heterocycles. The molecule has 1 atom stereocenters. The Morgan fingerprint density at radius 2 is 1.88 bits per heavy atom. The van der Waals surface area contributed by atoms with Crippen molar-refractivity contribution >= 4 is 29.0 Å². The second kappa shape index (κ2) is 12.7. The monoisotopic (exact) mass is 493 g/mol. The van der Waals surface area contributed by atoms with Crippen LogP contribution in [0, 0.1) is 11.6 Å². The first-order valence-corrected chi connectivity index (χ1v) is 9.71. The van der Waals surface area contributed by atoms with Crippen molar-refractivity contribution in [1.29, 1.82) is 0 Å². The normalized spacial score (nSPS) is 11.0. The molecular weight excluding hydrogens is 478 g/mol. The maximum Gasteiger partial charge on any atom is 1.00 e. The zero-order valence-electron chi connectivity index (χ0n) is 18.0. The van der Waals surface area contributed by atoms with Crippen molar-refractivity contribution in [3.8, 4) is 16.9 Å². The summed E-state index contributed by atoms with van der Waals surface area (Å²) in [6.07, 6.45) is 0.630. The summed E-state index contributed by atoms with van der Waals surface area (Å²) in [6, 6.07) is 3.53. The van der Waals surface area contributed by atoms with E-state index in [2.05, 4.69) is 10.6 Å². The number of hydrogen-bond acceptors (Lipinski definition) is 6. The minimum atomic E-state index is -1.46. The van der Waals surface area contributed by atoms with Crippen LogP contribution in [0.2, 0.25) is 0 Å². The van der Waals surface area contributed by atoms with Gasteiger partial charge in [-0.05, 0) is 29.1 Å². The molecule has 162 valence electrons. The van der Waals surface area contributed by atoms with Crippen LogP contribution >= 0.6 is 11.3 Å². The van der Waals surface area contributed by atoms with Crippen LogP contribution in [0.5, 0.6) is 5.75 Å². The Kier molecular flexibility index (Phi) is 11.2. The van der Waals surface area contributed by atoms with E-state index in [1.54, 1.807) is 0 Å². The fourth-order valence-corrected chi connectivity index (χ4v) is 3.78. The van der Waals surface area contributed by atoms with Gasteiger partial charge in [-0.3, -0.25) is 4.79 Å². The maximum absolute atomic E-state index is 14.0. The van der Waals surface area contributed by atoms with Crippen LogP contribution < -0.4 is 85.5 Å². The molecule has 0 radical (unpaired) electrons. The van der Waals surface area contributed by atoms with Crippen molar-refractivity contribution in [3.63, 3.8) is 0 Å². The van der Waals surface area contributed by atoms with Crippen molar-refractivity contribution in [2.75, 3.05) is 5.32 Å². The molecule has 2 heterocycles. The van der Waals surface area contributed by atoms with Gasteiger partial charge in [0.2, 0.25) is 0 Å². The summed E-state index contributed by atoms with van der Waals surface area (Å²) >= 11 is 1.04. The number of carbonyl (C=O) groups excluding carboxylic acids is 2. The molecule has 0 saturated carbocycles. The molecule has 0 bridgehead atoms. The van der Waals surface area contributed by atoms with Gasteiger partial charge >= 0.3 is 65.1 Å². The fourth-order valence-electron chi connectivity index (χ4n) is 2.83. The number of nitrogens with zero attached hydrogens (tertiary/aromatic N) is 1. The van der Waals surface area contributed by atoms with Gasteiger partial charge in [0.1, 0.15) is 17.3 Å². The molecule has 2 aromatic heterocycles. The number of rotatable bonds is 6. The molecule has 2 N–H and O–H groups in total. The number of benzene rings is 1. The van der Waals surface area contributed by atoms with Gasteiger partial charge in [-0.2, -0.15) is 0 Å². The SMILES string of the molecule is Cn1ccc([O-])c(NC(=O)N[C@@H](CC(=O)[O-])c2cc(-c3ccc(F)cc3F)cs2)c1=O.[Na+].[Na+]. The number of hydrogen-bond donors (Lipinski definition) is 2. The van der Waals surface area contributed by atoms with E-state index in [0.717, 1.165) is 34.1 Å². The number of thiophene rings is 1. The van der Waals surface area contributed by atoms with Crippen LogP contribution in [0.25, 0.3) is 11.1 Å². The average Bonchev–Trinajstić information content (AvgIpc) is 3.17. The van der Waals surface area contributed by atoms with Gasteiger partial charge in [-0.25, -0.2) is 13.6 Å². The number of carboxylic acid groups (broad SMARTS) is 1. The zero-order chi connectivity index (χ0) is 22.7. The van der Waals surface area contributed by atoms with Gasteiger partial charge in [0, 0.05) is 42.1 Å². The van der Waals surface area contributed by atoms with E-state index in [-0.39, 0.29) is 64.7 Å². The minimum Gasteiger partial charge on any atom is -0.871 e. The number of aromatic nitrogens is 1. The van der Waals surface area contributed by atoms with E-state index >= 15 is 0 Å². The molecule has 0 unspecified atom stereocenters. The number of pyridine rings is 1. The first kappa shape index (κ1) is 29.3. The summed E-state index contributed by atoms with van der Waals surface area (Å²) in [5, 5.41) is 29.1. The van der Waals surface area contributed by atoms with E-state index in [0.29, 0.717) is 10.4 Å². The summed E-state index contributed by atoms with van der Waals surface area (Å²) in [6.45, 7) is 0. The van der Waals surface area contributed by atoms with Gasteiger partial charge in [0.25, 0.3) is 5.56 Å². The summed E-state index contributed by atoms with van der Waals surface area (Å²) in [5.41, 5.74) is -0.759. The smallest absolute Gasteiger partial charge is 0.871 e. The second-order valence-corrected chi connectivity index (χ2v) is 7.50. The Bertz CT molecular complexity index is 1220. The third kappa shape index (κ3) is 7.38. The third-order valence-electron chi connectivity index (χ3n) is 4.35. The average molecular weight is 493 g/mol. The Balaban J connectivity index is 0.00000272. The van der Waals surface area contributed by atoms with Gasteiger partial charge in [0.05, 0.1) is 6.04 Å². The minimum absolute atomic E-state index is 0. The third-order valence-corrected chi connectivity index (χ3v) is 5.40. The molecule has 3 rings (SSSR count). The Morgan fingerprint density at radius 3 is 2.52 bits per heavy atom. The number of urea groups is 1. The number of halogens is 2. The van der Waals surface area contributed by atoms with E-state index in [4.69, 9.17) is 0 Å². The van der Waals surface area contributed by atoms with Gasteiger partial charge in [0.15, 0.2) is 0 Å². The molecule has 0 aliphatic rings. The van der Waals surface area contributed by atoms with Gasteiger partial charge < -0.3 is 30.2 Å². The standard InChI is InChI=1S/C20H17F2N3O5S.2Na/c1-25-5-4-15(26)18(19(25)29)24-20(30)23-14(8-17(27)28)16-6-10(9-31-16)12-3-2-11(21)7-13(12)22;;/h2-7,9,14,26H,8H2,1H3,(H,27,28)(H2,23,24,30);;/q;2*+1/p-2/t14-;;/m0../s1. The second-order valence-electron chi connectivity index (χ2n) is 6.56. The van der Waals surface area contributed by atoms with E-state index in [1.165, 1.54) is 30.8 Å². The van der Waals surface area contributed by atoms with E-state index in [1.807, 2.05) is 0 Å². The number of amides is 2. The number of aryl methyl sites for hydroxylation is 1. The van der Waals surface area contributed by atoms with E-state index in [9.17, 15) is 33.4 Å². The molecule has 0 aliphatic heterocycles. The van der Waals surface area contributed by atoms with Crippen molar-refractivity contribution in [2.45, 2.75) is 12.5 Å². The molecule has 2 amide bonds. The fraction of sp³-hybridized carbons (Fsp3) is 0.150. The quantitative estimate of drug-likeness (QED) is 0.335. The Morgan fingerprint density at radius 1 is 1.18 bits per heavy atom. The molecule has 3 aromatic rings. The topological polar surface area (TPSA) is 126 Å². The predicted octanol–water partition coefficient (Wildman–Crippen LogP) is -4.52. The van der Waals surface area contributed by atoms with Crippen LogP contribution in [0.15, 0.2) is 46.7 Å². The molecule has 0 spiro atoms. The predicted molar refractivity (Wildman–Crippen MR) is 105 cm³/mol. The summed E-state index contributed by atoms with van der Waals surface area (Å²) in [7, 11) is 1.39. The molecule has 8 nitrogen and oxygen atoms in total. The van der Waals surface area contributed by atoms with Crippen molar-refractivity contribution in [2.24, 2.45) is 7.05 Å². The van der Waals surface area contributed by atoms with Crippen molar-refractivity contribution in [3.05, 3.63) is 68.8 Å². The maximum atomic E-state index is 14.0. The number of carboxylic acids is 1. The van der Waals surface area contributed by atoms with Crippen molar-refractivity contribution in [1.82, 2.24) is 9.88 Å². The zero-order valence-corrected chi connectivity index (χ0v) is 22.8. The van der Waals surface area contributed by atoms with Crippen LogP contribution in [0.4, 0.5) is 19.3 Å². The molecular formula is C20H15F2N3Na2O5S. The first-order chi connectivity index (χ1) is 14.7. The number of anilines is 1. The molecule has 0 fully saturated rings. The molecule has 13 heteroatoms. The van der Waals surface area contributed by atoms with Gasteiger partial charge in [-0.15, -0.1) is 11.3 Å². The Labute approximate surface area is 235 Å².